The zero-order chi connectivity index (χ0) is 25.8. The fourth-order valence-corrected chi connectivity index (χ4v) is 4.41. The Morgan fingerprint density at radius 1 is 0.730 bits per heavy atom. The number of carbonyl (C=O) groups is 2. The Labute approximate surface area is 215 Å². The van der Waals surface area contributed by atoms with E-state index in [1.165, 1.54) is 0 Å². The maximum atomic E-state index is 13.1. The van der Waals surface area contributed by atoms with E-state index < -0.39 is 11.9 Å². The van der Waals surface area contributed by atoms with Crippen LogP contribution in [0.5, 0.6) is 0 Å². The molecule has 5 rings (SSSR count). The van der Waals surface area contributed by atoms with Gasteiger partial charge in [0.2, 0.25) is 0 Å². The smallest absolute Gasteiger partial charge is 0.339 e. The fraction of sp³-hybridized carbons (Fsp3) is 0.0938. The van der Waals surface area contributed by atoms with Crippen molar-refractivity contribution < 1.29 is 14.3 Å². The molecule has 0 radical (unpaired) electrons. The van der Waals surface area contributed by atoms with E-state index in [-0.39, 0.29) is 6.61 Å². The Morgan fingerprint density at radius 2 is 1.35 bits per heavy atom. The summed E-state index contributed by atoms with van der Waals surface area (Å²) in [5, 5.41) is 3.47. The lowest BCUT2D eigenvalue weighted by atomic mass is 10.0. The van der Waals surface area contributed by atoms with E-state index in [4.69, 9.17) is 9.72 Å². The quantitative estimate of drug-likeness (QED) is 0.263. The van der Waals surface area contributed by atoms with Gasteiger partial charge in [0.05, 0.1) is 16.8 Å². The molecule has 37 heavy (non-hydrogen) atoms. The van der Waals surface area contributed by atoms with Crippen molar-refractivity contribution >= 4 is 28.5 Å². The van der Waals surface area contributed by atoms with Crippen molar-refractivity contribution in [3.05, 3.63) is 120 Å². The zero-order valence-electron chi connectivity index (χ0n) is 20.7. The number of hydrogen-bond donors (Lipinski definition) is 1. The summed E-state index contributed by atoms with van der Waals surface area (Å²) in [7, 11) is 0. The van der Waals surface area contributed by atoms with Gasteiger partial charge in [0.25, 0.3) is 5.91 Å². The highest BCUT2D eigenvalue weighted by Gasteiger charge is 2.17. The molecule has 5 aromatic rings. The molecule has 0 unspecified atom stereocenters. The van der Waals surface area contributed by atoms with Crippen LogP contribution < -0.4 is 5.32 Å². The predicted octanol–water partition coefficient (Wildman–Crippen LogP) is 6.98. The molecule has 0 aliphatic carbocycles. The van der Waals surface area contributed by atoms with Crippen LogP contribution in [0.3, 0.4) is 0 Å². The van der Waals surface area contributed by atoms with E-state index in [1.807, 2.05) is 98.8 Å². The summed E-state index contributed by atoms with van der Waals surface area (Å²) in [5.41, 5.74) is 7.57. The van der Waals surface area contributed by atoms with Crippen LogP contribution in [0, 0.1) is 13.8 Å². The van der Waals surface area contributed by atoms with E-state index in [1.54, 1.807) is 6.07 Å². The molecule has 4 aromatic carbocycles. The van der Waals surface area contributed by atoms with Crippen molar-refractivity contribution in [3.63, 3.8) is 0 Å². The van der Waals surface area contributed by atoms with Crippen molar-refractivity contribution in [1.82, 2.24) is 4.98 Å². The standard InChI is InChI=1S/C32H26N2O3/c1-21-16-22(2)18-26(17-21)33-31(35)20-37-32(36)28-19-30(34-29-11-7-6-10-27(28)29)25-14-12-24(13-15-25)23-8-4-3-5-9-23/h3-19H,20H2,1-2H3,(H,33,35). The summed E-state index contributed by atoms with van der Waals surface area (Å²) in [6.07, 6.45) is 0. The van der Waals surface area contributed by atoms with Crippen LogP contribution in [0.1, 0.15) is 21.5 Å². The Balaban J connectivity index is 1.37. The molecule has 5 nitrogen and oxygen atoms in total. The number of amides is 1. The molecule has 0 fully saturated rings. The van der Waals surface area contributed by atoms with Crippen LogP contribution in [-0.2, 0) is 9.53 Å². The average Bonchev–Trinajstić information content (AvgIpc) is 2.91. The van der Waals surface area contributed by atoms with Crippen molar-refractivity contribution in [2.24, 2.45) is 0 Å². The van der Waals surface area contributed by atoms with E-state index in [9.17, 15) is 9.59 Å². The number of carbonyl (C=O) groups excluding carboxylic acids is 2. The van der Waals surface area contributed by atoms with Crippen LogP contribution >= 0.6 is 0 Å². The Bertz CT molecular complexity index is 1570. The Morgan fingerprint density at radius 3 is 2.08 bits per heavy atom. The summed E-state index contributed by atoms with van der Waals surface area (Å²) >= 11 is 0. The third-order valence-corrected chi connectivity index (χ3v) is 6.06. The van der Waals surface area contributed by atoms with E-state index in [0.29, 0.717) is 27.8 Å². The molecular formula is C32H26N2O3. The third-order valence-electron chi connectivity index (χ3n) is 6.06. The molecule has 0 aliphatic rings. The highest BCUT2D eigenvalue weighted by molar-refractivity contribution is 6.05. The fourth-order valence-electron chi connectivity index (χ4n) is 4.41. The lowest BCUT2D eigenvalue weighted by Gasteiger charge is -2.11. The Kier molecular flexibility index (Phi) is 6.77. The summed E-state index contributed by atoms with van der Waals surface area (Å²) in [4.78, 5) is 30.4. The van der Waals surface area contributed by atoms with Crippen LogP contribution in [-0.4, -0.2) is 23.5 Å². The third kappa shape index (κ3) is 5.57. The van der Waals surface area contributed by atoms with Crippen molar-refractivity contribution in [2.45, 2.75) is 13.8 Å². The number of hydrogen-bond acceptors (Lipinski definition) is 4. The van der Waals surface area contributed by atoms with Crippen LogP contribution in [0.2, 0.25) is 0 Å². The summed E-state index contributed by atoms with van der Waals surface area (Å²) in [6, 6.07) is 33.1. The second kappa shape index (κ2) is 10.5. The van der Waals surface area contributed by atoms with Gasteiger partial charge in [0.15, 0.2) is 6.61 Å². The topological polar surface area (TPSA) is 68.3 Å². The summed E-state index contributed by atoms with van der Waals surface area (Å²) < 4.78 is 5.42. The number of aromatic nitrogens is 1. The van der Waals surface area contributed by atoms with Gasteiger partial charge in [-0.15, -0.1) is 0 Å². The highest BCUT2D eigenvalue weighted by atomic mass is 16.5. The SMILES string of the molecule is Cc1cc(C)cc(NC(=O)COC(=O)c2cc(-c3ccc(-c4ccccc4)cc3)nc3ccccc23)c1. The molecule has 1 heterocycles. The monoisotopic (exact) mass is 486 g/mol. The number of rotatable bonds is 6. The molecule has 0 bridgehead atoms. The largest absolute Gasteiger partial charge is 0.452 e. The van der Waals surface area contributed by atoms with Gasteiger partial charge < -0.3 is 10.1 Å². The molecule has 0 saturated carbocycles. The molecule has 1 N–H and O–H groups in total. The normalized spacial score (nSPS) is 10.8. The van der Waals surface area contributed by atoms with Gasteiger partial charge in [-0.1, -0.05) is 78.9 Å². The van der Waals surface area contributed by atoms with Gasteiger partial charge in [0, 0.05) is 16.6 Å². The lowest BCUT2D eigenvalue weighted by molar-refractivity contribution is -0.119. The Hall–Kier alpha value is -4.77. The molecule has 182 valence electrons. The van der Waals surface area contributed by atoms with Crippen LogP contribution in [0.4, 0.5) is 5.69 Å². The number of pyridine rings is 1. The number of para-hydroxylation sites is 1. The number of ether oxygens (including phenoxy) is 1. The first kappa shape index (κ1) is 23.9. The first-order valence-corrected chi connectivity index (χ1v) is 12.1. The maximum Gasteiger partial charge on any atom is 0.339 e. The molecular weight excluding hydrogens is 460 g/mol. The van der Waals surface area contributed by atoms with Crippen molar-refractivity contribution in [1.29, 1.82) is 0 Å². The number of esters is 1. The van der Waals surface area contributed by atoms with Gasteiger partial charge in [-0.3, -0.25) is 4.79 Å². The minimum absolute atomic E-state index is 0.368. The highest BCUT2D eigenvalue weighted by Crippen LogP contribution is 2.28. The van der Waals surface area contributed by atoms with Crippen molar-refractivity contribution in [3.8, 4) is 22.4 Å². The minimum atomic E-state index is -0.573. The minimum Gasteiger partial charge on any atom is -0.452 e. The molecule has 0 aliphatic heterocycles. The molecule has 0 saturated heterocycles. The van der Waals surface area contributed by atoms with Gasteiger partial charge in [-0.2, -0.15) is 0 Å². The number of nitrogens with one attached hydrogen (secondary N) is 1. The number of aryl methyl sites for hydroxylation is 2. The zero-order valence-corrected chi connectivity index (χ0v) is 20.7. The van der Waals surface area contributed by atoms with Gasteiger partial charge in [-0.05, 0) is 60.4 Å². The summed E-state index contributed by atoms with van der Waals surface area (Å²) in [6.45, 7) is 3.54. The predicted molar refractivity (Wildman–Crippen MR) is 147 cm³/mol. The molecule has 5 heteroatoms. The lowest BCUT2D eigenvalue weighted by Crippen LogP contribution is -2.21. The van der Waals surface area contributed by atoms with E-state index >= 15 is 0 Å². The van der Waals surface area contributed by atoms with Crippen molar-refractivity contribution in [2.75, 3.05) is 11.9 Å². The number of anilines is 1. The number of fused-ring (bicyclic) bond motifs is 1. The molecule has 0 spiro atoms. The second-order valence-electron chi connectivity index (χ2n) is 9.02. The molecule has 0 atom stereocenters. The van der Waals surface area contributed by atoms with E-state index in [0.717, 1.165) is 27.8 Å². The summed E-state index contributed by atoms with van der Waals surface area (Å²) in [5.74, 6) is -0.968. The van der Waals surface area contributed by atoms with Gasteiger partial charge >= 0.3 is 5.97 Å². The first-order chi connectivity index (χ1) is 18.0. The number of nitrogens with zero attached hydrogens (tertiary/aromatic N) is 1. The number of benzene rings is 4. The average molecular weight is 487 g/mol. The van der Waals surface area contributed by atoms with Crippen LogP contribution in [0.25, 0.3) is 33.3 Å². The maximum absolute atomic E-state index is 13.1. The first-order valence-electron chi connectivity index (χ1n) is 12.1. The van der Waals surface area contributed by atoms with E-state index in [2.05, 4.69) is 17.4 Å². The molecule has 1 aromatic heterocycles. The second-order valence-corrected chi connectivity index (χ2v) is 9.02. The molecule has 1 amide bonds. The van der Waals surface area contributed by atoms with Gasteiger partial charge in [0.1, 0.15) is 0 Å². The van der Waals surface area contributed by atoms with Gasteiger partial charge in [-0.25, -0.2) is 9.78 Å². The van der Waals surface area contributed by atoms with Crippen LogP contribution in [0.15, 0.2) is 103 Å².